The van der Waals surface area contributed by atoms with E-state index in [0.717, 1.165) is 44.0 Å². The van der Waals surface area contributed by atoms with Gasteiger partial charge in [0.05, 0.1) is 58.8 Å². The second-order valence-corrected chi connectivity index (χ2v) is 15.9. The van der Waals surface area contributed by atoms with Crippen LogP contribution < -0.4 is 0 Å². The molecule has 5 heterocycles. The van der Waals surface area contributed by atoms with Gasteiger partial charge in [0.15, 0.2) is 0 Å². The van der Waals surface area contributed by atoms with E-state index in [1.54, 1.807) is 0 Å². The van der Waals surface area contributed by atoms with Crippen LogP contribution in [0.4, 0.5) is 0 Å². The van der Waals surface area contributed by atoms with Crippen molar-refractivity contribution in [1.82, 2.24) is 0 Å². The van der Waals surface area contributed by atoms with Gasteiger partial charge in [0.25, 0.3) is 0 Å². The molecule has 50 heavy (non-hydrogen) atoms. The van der Waals surface area contributed by atoms with E-state index in [1.807, 2.05) is 85.0 Å². The summed E-state index contributed by atoms with van der Waals surface area (Å²) in [7, 11) is -2.46. The quantitative estimate of drug-likeness (QED) is 0.171. The molecule has 0 aromatic heterocycles. The molecule has 0 fully saturated rings. The molecule has 0 unspecified atom stereocenters. The van der Waals surface area contributed by atoms with Crippen molar-refractivity contribution in [3.05, 3.63) is 123 Å². The van der Waals surface area contributed by atoms with Gasteiger partial charge in [-0.05, 0) is 97.2 Å². The first-order chi connectivity index (χ1) is 24.1. The maximum absolute atomic E-state index is 12.7. The first kappa shape index (κ1) is 36.3. The second kappa shape index (κ2) is 15.8. The molecule has 0 atom stereocenters. The van der Waals surface area contributed by atoms with Gasteiger partial charge in [-0.15, -0.1) is 0 Å². The van der Waals surface area contributed by atoms with Crippen LogP contribution in [0.3, 0.4) is 0 Å². The van der Waals surface area contributed by atoms with E-state index in [4.69, 9.17) is 47.1 Å². The first-order valence-electron chi connectivity index (χ1n) is 15.6. The highest BCUT2D eigenvalue weighted by Crippen LogP contribution is 2.49. The Morgan fingerprint density at radius 1 is 0.620 bits per heavy atom. The van der Waals surface area contributed by atoms with Crippen LogP contribution in [0.25, 0.3) is 5.57 Å². The van der Waals surface area contributed by atoms with Crippen molar-refractivity contribution >= 4 is 60.0 Å². The minimum atomic E-state index is -3.74. The summed E-state index contributed by atoms with van der Waals surface area (Å²) >= 11 is 3.54. The van der Waals surface area contributed by atoms with Crippen molar-refractivity contribution in [2.45, 2.75) is 12.8 Å². The van der Waals surface area contributed by atoms with Crippen LogP contribution in [0.2, 0.25) is 0 Å². The summed E-state index contributed by atoms with van der Waals surface area (Å²) in [6, 6.07) is 8.08. The first-order valence-corrected chi connectivity index (χ1v) is 19.3. The van der Waals surface area contributed by atoms with Gasteiger partial charge in [-0.1, -0.05) is 28.1 Å². The van der Waals surface area contributed by atoms with Crippen LogP contribution >= 0.6 is 31.6 Å². The molecule has 0 saturated heterocycles. The molecule has 0 amide bonds. The van der Waals surface area contributed by atoms with E-state index < -0.39 is 15.6 Å². The number of allylic oxidation sites excluding steroid dienone is 12. The highest BCUT2D eigenvalue weighted by Gasteiger charge is 2.30. The molecule has 0 saturated carbocycles. The SMILES string of the molecule is COP(=O)(OC)OCCC(CCOP(=O)(OC)OC)C1=C2C=CC(=N2)C=C2C=CC(=N2)C(c2ccc(Br)cc2)=C2C=CC(=N2)C=C2C=CC1=N2. The number of hydrogen-bond acceptors (Lipinski definition) is 12. The molecular formula is C35H35BrN4O8P2. The van der Waals surface area contributed by atoms with Crippen LogP contribution in [0.5, 0.6) is 0 Å². The maximum Gasteiger partial charge on any atom is 0.474 e. The fourth-order valence-electron chi connectivity index (χ4n) is 5.71. The molecule has 5 aliphatic rings. The van der Waals surface area contributed by atoms with E-state index in [1.165, 1.54) is 28.4 Å². The Balaban J connectivity index is 1.42. The highest BCUT2D eigenvalue weighted by atomic mass is 79.9. The minimum absolute atomic E-state index is 0.0103. The summed E-state index contributed by atoms with van der Waals surface area (Å²) in [6.07, 6.45) is 20.1. The summed E-state index contributed by atoms with van der Waals surface area (Å²) in [5.74, 6) is -0.334. The van der Waals surface area contributed by atoms with Gasteiger partial charge in [-0.2, -0.15) is 0 Å². The smallest absolute Gasteiger partial charge is 0.290 e. The molecule has 5 aliphatic heterocycles. The molecule has 260 valence electrons. The fraction of sp³-hybridized carbons (Fsp3) is 0.257. The minimum Gasteiger partial charge on any atom is -0.290 e. The summed E-state index contributed by atoms with van der Waals surface area (Å²) in [5, 5.41) is 0. The zero-order valence-corrected chi connectivity index (χ0v) is 31.2. The van der Waals surface area contributed by atoms with Gasteiger partial charge in [0, 0.05) is 44.1 Å². The Bertz CT molecular complexity index is 1990. The third kappa shape index (κ3) is 8.35. The Morgan fingerprint density at radius 2 is 1.12 bits per heavy atom. The topological polar surface area (TPSA) is 139 Å². The van der Waals surface area contributed by atoms with Gasteiger partial charge in [0.1, 0.15) is 0 Å². The summed E-state index contributed by atoms with van der Waals surface area (Å²) in [5.41, 5.74) is 8.48. The van der Waals surface area contributed by atoms with E-state index in [2.05, 4.69) is 15.9 Å². The molecule has 12 nitrogen and oxygen atoms in total. The summed E-state index contributed by atoms with van der Waals surface area (Å²) in [6.45, 7) is 0.0205. The van der Waals surface area contributed by atoms with Crippen molar-refractivity contribution in [3.63, 3.8) is 0 Å². The van der Waals surface area contributed by atoms with E-state index in [9.17, 15) is 9.13 Å². The van der Waals surface area contributed by atoms with Crippen LogP contribution in [-0.4, -0.2) is 64.5 Å². The summed E-state index contributed by atoms with van der Waals surface area (Å²) in [4.78, 5) is 19.9. The summed E-state index contributed by atoms with van der Waals surface area (Å²) < 4.78 is 57.4. The van der Waals surface area contributed by atoms with Gasteiger partial charge in [0.2, 0.25) is 0 Å². The van der Waals surface area contributed by atoms with Crippen LogP contribution in [-0.2, 0) is 36.3 Å². The number of nitrogens with zero attached hydrogens (tertiary/aromatic N) is 4. The van der Waals surface area contributed by atoms with Crippen LogP contribution in [0, 0.1) is 5.92 Å². The standard InChI is InChI=1S/C35H35BrN4O8P2/c1-43-49(41,44-2)47-19-17-24(18-20-48-50(42,45-3)46-4)35-32-15-11-28(39-32)21-26-9-13-30(37-26)34(23-5-7-25(36)8-6-23)31-14-10-27(38-31)22-29-12-16-33(35)40-29/h5-16,21-22,24H,17-20H2,1-4H3. The molecule has 0 spiro atoms. The average Bonchev–Trinajstić information content (AvgIpc) is 3.96. The molecule has 8 bridgehead atoms. The predicted octanol–water partition coefficient (Wildman–Crippen LogP) is 8.47. The largest absolute Gasteiger partial charge is 0.474 e. The lowest BCUT2D eigenvalue weighted by Crippen LogP contribution is -2.17. The molecule has 0 N–H and O–H groups in total. The van der Waals surface area contributed by atoms with Crippen LogP contribution in [0.1, 0.15) is 18.4 Å². The number of benzene rings is 1. The molecule has 0 aliphatic carbocycles. The molecule has 1 aromatic rings. The number of phosphoric acid groups is 2. The van der Waals surface area contributed by atoms with Gasteiger partial charge in [-0.25, -0.2) is 29.1 Å². The number of fused-ring (bicyclic) bond motifs is 4. The molecule has 0 radical (unpaired) electrons. The monoisotopic (exact) mass is 780 g/mol. The lowest BCUT2D eigenvalue weighted by molar-refractivity contribution is 0.135. The van der Waals surface area contributed by atoms with E-state index in [0.29, 0.717) is 35.7 Å². The van der Waals surface area contributed by atoms with Gasteiger partial charge in [-0.3, -0.25) is 27.1 Å². The molecular weight excluding hydrogens is 746 g/mol. The number of halogens is 1. The maximum atomic E-state index is 12.7. The number of rotatable bonds is 14. The van der Waals surface area contributed by atoms with Crippen molar-refractivity contribution in [2.24, 2.45) is 25.9 Å². The number of aliphatic imine (C=N–C) groups is 4. The zero-order valence-electron chi connectivity index (χ0n) is 27.8. The normalized spacial score (nSPS) is 18.3. The lowest BCUT2D eigenvalue weighted by atomic mass is 9.88. The zero-order chi connectivity index (χ0) is 35.3. The van der Waals surface area contributed by atoms with Crippen molar-refractivity contribution < 1.29 is 36.3 Å². The predicted molar refractivity (Wildman–Crippen MR) is 198 cm³/mol. The fourth-order valence-corrected chi connectivity index (χ4v) is 7.36. The Labute approximate surface area is 299 Å². The Kier molecular flexibility index (Phi) is 11.5. The van der Waals surface area contributed by atoms with Crippen LogP contribution in [0.15, 0.2) is 138 Å². The third-order valence-corrected chi connectivity index (χ3v) is 11.5. The van der Waals surface area contributed by atoms with Gasteiger partial charge >= 0.3 is 15.6 Å². The van der Waals surface area contributed by atoms with Crippen molar-refractivity contribution in [1.29, 1.82) is 0 Å². The highest BCUT2D eigenvalue weighted by molar-refractivity contribution is 9.10. The number of hydrogen-bond donors (Lipinski definition) is 0. The average molecular weight is 782 g/mol. The van der Waals surface area contributed by atoms with Crippen molar-refractivity contribution in [2.75, 3.05) is 41.7 Å². The third-order valence-electron chi connectivity index (χ3n) is 8.17. The van der Waals surface area contributed by atoms with Gasteiger partial charge < -0.3 is 0 Å². The molecule has 6 rings (SSSR count). The van der Waals surface area contributed by atoms with E-state index in [-0.39, 0.29) is 19.1 Å². The Morgan fingerprint density at radius 3 is 1.68 bits per heavy atom. The molecule has 1 aromatic carbocycles. The lowest BCUT2D eigenvalue weighted by Gasteiger charge is -2.23. The number of phosphoric ester groups is 2. The van der Waals surface area contributed by atoms with Crippen molar-refractivity contribution in [3.8, 4) is 0 Å². The molecule has 15 heteroatoms. The van der Waals surface area contributed by atoms with E-state index >= 15 is 0 Å². The second-order valence-electron chi connectivity index (χ2n) is 11.2. The Hall–Kier alpha value is -3.48.